The molecule has 1 fully saturated rings. The maximum Gasteiger partial charge on any atom is 0.132 e. The van der Waals surface area contributed by atoms with Crippen molar-refractivity contribution >= 4 is 0 Å². The summed E-state index contributed by atoms with van der Waals surface area (Å²) in [6, 6.07) is 27.6. The monoisotopic (exact) mass is 404 g/mol. The van der Waals surface area contributed by atoms with Crippen LogP contribution in [0.15, 0.2) is 84.9 Å². The molecule has 1 N–H and O–H groups in total. The SMILES string of the molecule is C[N+]1(Cc2ccccc2F)CCCC1C(O)(Cc1ccccc1)Cc1ccccc1. The van der Waals surface area contributed by atoms with Crippen molar-refractivity contribution < 1.29 is 14.0 Å². The number of halogens is 1. The fourth-order valence-corrected chi connectivity index (χ4v) is 5.36. The summed E-state index contributed by atoms with van der Waals surface area (Å²) in [6.07, 6.45) is 3.18. The molecule has 0 saturated carbocycles. The molecule has 0 bridgehead atoms. The summed E-state index contributed by atoms with van der Waals surface area (Å²) in [7, 11) is 2.19. The molecule has 0 amide bonds. The molecule has 3 heteroatoms. The number of aliphatic hydroxyl groups is 1. The van der Waals surface area contributed by atoms with Crippen LogP contribution in [0.3, 0.4) is 0 Å². The first kappa shape index (κ1) is 20.8. The van der Waals surface area contributed by atoms with Crippen molar-refractivity contribution in [2.24, 2.45) is 0 Å². The second-order valence-electron chi connectivity index (χ2n) is 9.04. The van der Waals surface area contributed by atoms with Crippen LogP contribution in [0.2, 0.25) is 0 Å². The van der Waals surface area contributed by atoms with Crippen molar-refractivity contribution in [1.29, 1.82) is 0 Å². The number of likely N-dealkylation sites (N-methyl/N-ethyl adjacent to an activating group) is 1. The van der Waals surface area contributed by atoms with E-state index in [1.54, 1.807) is 6.07 Å². The van der Waals surface area contributed by atoms with Crippen LogP contribution in [0, 0.1) is 5.82 Å². The van der Waals surface area contributed by atoms with Crippen molar-refractivity contribution in [3.8, 4) is 0 Å². The predicted octanol–water partition coefficient (Wildman–Crippen LogP) is 5.15. The highest BCUT2D eigenvalue weighted by atomic mass is 19.1. The van der Waals surface area contributed by atoms with Crippen LogP contribution in [0.25, 0.3) is 0 Å². The van der Waals surface area contributed by atoms with Crippen molar-refractivity contribution in [3.05, 3.63) is 107 Å². The molecule has 1 aliphatic heterocycles. The molecule has 2 atom stereocenters. The Kier molecular flexibility index (Phi) is 6.03. The lowest BCUT2D eigenvalue weighted by molar-refractivity contribution is -0.940. The van der Waals surface area contributed by atoms with Crippen LogP contribution in [0.5, 0.6) is 0 Å². The Morgan fingerprint density at radius 2 is 1.40 bits per heavy atom. The third-order valence-corrected chi connectivity index (χ3v) is 6.71. The standard InChI is InChI=1S/C27H31FNO/c1-29(21-24-15-8-9-16-25(24)28)18-10-17-26(29)27(30,19-22-11-4-2-5-12-22)20-23-13-6-3-7-14-23/h2-9,11-16,26,30H,10,17-21H2,1H3/q+1. The second kappa shape index (κ2) is 8.71. The van der Waals surface area contributed by atoms with E-state index in [1.807, 2.05) is 48.5 Å². The minimum atomic E-state index is -0.904. The quantitative estimate of drug-likeness (QED) is 0.540. The smallest absolute Gasteiger partial charge is 0.132 e. The normalized spacial score (nSPS) is 21.6. The molecule has 3 aromatic rings. The number of rotatable bonds is 7. The van der Waals surface area contributed by atoms with Gasteiger partial charge >= 0.3 is 0 Å². The molecule has 30 heavy (non-hydrogen) atoms. The van der Waals surface area contributed by atoms with Crippen molar-refractivity contribution in [1.82, 2.24) is 0 Å². The van der Waals surface area contributed by atoms with Gasteiger partial charge in [0.15, 0.2) is 0 Å². The van der Waals surface area contributed by atoms with Gasteiger partial charge in [-0.2, -0.15) is 0 Å². The van der Waals surface area contributed by atoms with Gasteiger partial charge in [-0.1, -0.05) is 78.9 Å². The zero-order valence-electron chi connectivity index (χ0n) is 17.7. The van der Waals surface area contributed by atoms with E-state index in [4.69, 9.17) is 0 Å². The molecular formula is C27H31FNO+. The summed E-state index contributed by atoms with van der Waals surface area (Å²) in [5.74, 6) is -0.155. The van der Waals surface area contributed by atoms with Gasteiger partial charge in [0.05, 0.1) is 13.6 Å². The highest BCUT2D eigenvalue weighted by Gasteiger charge is 2.51. The molecule has 3 aromatic carbocycles. The highest BCUT2D eigenvalue weighted by Crippen LogP contribution is 2.38. The lowest BCUT2D eigenvalue weighted by atomic mass is 9.80. The first-order valence-corrected chi connectivity index (χ1v) is 10.9. The largest absolute Gasteiger partial charge is 0.383 e. The van der Waals surface area contributed by atoms with E-state index in [2.05, 4.69) is 31.3 Å². The molecule has 1 aliphatic rings. The number of hydrogen-bond acceptors (Lipinski definition) is 1. The molecule has 0 spiro atoms. The molecule has 4 rings (SSSR count). The van der Waals surface area contributed by atoms with E-state index in [0.29, 0.717) is 23.9 Å². The molecule has 156 valence electrons. The van der Waals surface area contributed by atoms with Crippen molar-refractivity contribution in [2.45, 2.75) is 43.9 Å². The summed E-state index contributed by atoms with van der Waals surface area (Å²) >= 11 is 0. The number of likely N-dealkylation sites (tertiary alicyclic amines) is 1. The van der Waals surface area contributed by atoms with Gasteiger partial charge in [-0.05, 0) is 17.2 Å². The minimum absolute atomic E-state index is 0.0394. The van der Waals surface area contributed by atoms with Crippen LogP contribution >= 0.6 is 0 Å². The zero-order chi connectivity index (χ0) is 21.0. The summed E-state index contributed by atoms with van der Waals surface area (Å²) in [5, 5.41) is 12.2. The lowest BCUT2D eigenvalue weighted by Gasteiger charge is -2.45. The van der Waals surface area contributed by atoms with E-state index < -0.39 is 5.60 Å². The van der Waals surface area contributed by atoms with Crippen LogP contribution in [-0.4, -0.2) is 34.8 Å². The zero-order valence-corrected chi connectivity index (χ0v) is 17.7. The van der Waals surface area contributed by atoms with Gasteiger partial charge in [0.25, 0.3) is 0 Å². The Morgan fingerprint density at radius 1 is 0.867 bits per heavy atom. The van der Waals surface area contributed by atoms with Gasteiger partial charge in [-0.25, -0.2) is 4.39 Å². The predicted molar refractivity (Wildman–Crippen MR) is 119 cm³/mol. The maximum atomic E-state index is 14.5. The topological polar surface area (TPSA) is 20.2 Å². The highest BCUT2D eigenvalue weighted by molar-refractivity contribution is 5.23. The third kappa shape index (κ3) is 4.48. The molecule has 1 heterocycles. The fourth-order valence-electron chi connectivity index (χ4n) is 5.36. The molecule has 0 aromatic heterocycles. The Hall–Kier alpha value is -2.49. The molecular weight excluding hydrogens is 373 g/mol. The number of nitrogens with zero attached hydrogens (tertiary/aromatic N) is 1. The average Bonchev–Trinajstić information content (AvgIpc) is 3.13. The summed E-state index contributed by atoms with van der Waals surface area (Å²) in [6.45, 7) is 1.55. The van der Waals surface area contributed by atoms with Crippen LogP contribution in [0.4, 0.5) is 4.39 Å². The van der Waals surface area contributed by atoms with Crippen LogP contribution in [0.1, 0.15) is 29.5 Å². The Bertz CT molecular complexity index is 917. The van der Waals surface area contributed by atoms with E-state index in [-0.39, 0.29) is 11.9 Å². The summed E-state index contributed by atoms with van der Waals surface area (Å²) in [4.78, 5) is 0. The first-order valence-electron chi connectivity index (χ1n) is 10.9. The van der Waals surface area contributed by atoms with Crippen molar-refractivity contribution in [3.63, 3.8) is 0 Å². The van der Waals surface area contributed by atoms with E-state index in [1.165, 1.54) is 6.07 Å². The van der Waals surface area contributed by atoms with Gasteiger partial charge < -0.3 is 9.59 Å². The number of quaternary nitrogens is 1. The Morgan fingerprint density at radius 3 is 1.97 bits per heavy atom. The molecule has 1 saturated heterocycles. The van der Waals surface area contributed by atoms with Gasteiger partial charge in [-0.15, -0.1) is 0 Å². The summed E-state index contributed by atoms with van der Waals surface area (Å²) in [5.41, 5.74) is 2.10. The summed E-state index contributed by atoms with van der Waals surface area (Å²) < 4.78 is 15.1. The van der Waals surface area contributed by atoms with Gasteiger partial charge in [-0.3, -0.25) is 0 Å². The van der Waals surface area contributed by atoms with E-state index in [9.17, 15) is 9.50 Å². The molecule has 0 aliphatic carbocycles. The van der Waals surface area contributed by atoms with E-state index in [0.717, 1.165) is 36.1 Å². The Balaban J connectivity index is 1.68. The Labute approximate surface area is 179 Å². The van der Waals surface area contributed by atoms with Gasteiger partial charge in [0.2, 0.25) is 0 Å². The lowest BCUT2D eigenvalue weighted by Crippen LogP contribution is -2.60. The van der Waals surface area contributed by atoms with Crippen molar-refractivity contribution in [2.75, 3.05) is 13.6 Å². The average molecular weight is 405 g/mol. The van der Waals surface area contributed by atoms with Gasteiger partial charge in [0.1, 0.15) is 24.0 Å². The number of benzene rings is 3. The minimum Gasteiger partial charge on any atom is -0.383 e. The van der Waals surface area contributed by atoms with E-state index >= 15 is 0 Å². The maximum absolute atomic E-state index is 14.5. The first-order chi connectivity index (χ1) is 14.5. The van der Waals surface area contributed by atoms with Crippen LogP contribution < -0.4 is 0 Å². The third-order valence-electron chi connectivity index (χ3n) is 6.71. The van der Waals surface area contributed by atoms with Gasteiger partial charge in [0, 0.05) is 31.2 Å². The molecule has 2 nitrogen and oxygen atoms in total. The molecule has 2 unspecified atom stereocenters. The second-order valence-corrected chi connectivity index (χ2v) is 9.04. The number of hydrogen-bond donors (Lipinski definition) is 1. The fraction of sp³-hybridized carbons (Fsp3) is 0.333. The van der Waals surface area contributed by atoms with Crippen LogP contribution in [-0.2, 0) is 19.4 Å². The molecule has 0 radical (unpaired) electrons.